The summed E-state index contributed by atoms with van der Waals surface area (Å²) in [4.78, 5) is 33.0. The minimum atomic E-state index is -0.491. The summed E-state index contributed by atoms with van der Waals surface area (Å²) in [5.41, 5.74) is 7.05. The van der Waals surface area contributed by atoms with Crippen molar-refractivity contribution in [3.8, 4) is 0 Å². The molecule has 3 aromatic rings. The number of imidazole rings is 1. The van der Waals surface area contributed by atoms with Crippen molar-refractivity contribution in [3.63, 3.8) is 0 Å². The van der Waals surface area contributed by atoms with Crippen molar-refractivity contribution in [1.29, 1.82) is 0 Å². The average molecular weight is 421 g/mol. The van der Waals surface area contributed by atoms with Gasteiger partial charge in [0.25, 0.3) is 5.56 Å². The molecule has 0 unspecified atom stereocenters. The number of halogens is 1. The highest BCUT2D eigenvalue weighted by Crippen LogP contribution is 2.19. The van der Waals surface area contributed by atoms with Gasteiger partial charge < -0.3 is 15.0 Å². The van der Waals surface area contributed by atoms with Gasteiger partial charge in [0.1, 0.15) is 17.2 Å². The summed E-state index contributed by atoms with van der Waals surface area (Å²) < 4.78 is 4.27. The largest absolute Gasteiger partial charge is 0.383 e. The van der Waals surface area contributed by atoms with Crippen molar-refractivity contribution in [2.24, 2.45) is 0 Å². The maximum atomic E-state index is 12.3. The van der Waals surface area contributed by atoms with E-state index in [2.05, 4.69) is 25.9 Å². The molecular weight excluding hydrogens is 400 g/mol. The molecule has 26 heavy (non-hydrogen) atoms. The number of aromatic nitrogens is 4. The Kier molecular flexibility index (Phi) is 5.17. The van der Waals surface area contributed by atoms with Crippen LogP contribution in [0.25, 0.3) is 5.65 Å². The van der Waals surface area contributed by atoms with Gasteiger partial charge in [0, 0.05) is 30.5 Å². The maximum Gasteiger partial charge on any atom is 0.330 e. The number of H-pyrrole nitrogens is 1. The quantitative estimate of drug-likeness (QED) is 0.634. The number of nitrogens with two attached hydrogens (primary N) is 1. The van der Waals surface area contributed by atoms with Crippen molar-refractivity contribution in [1.82, 2.24) is 18.9 Å². The summed E-state index contributed by atoms with van der Waals surface area (Å²) in [7, 11) is 1.76. The van der Waals surface area contributed by atoms with E-state index in [9.17, 15) is 9.59 Å². The van der Waals surface area contributed by atoms with Gasteiger partial charge in [-0.25, -0.2) is 9.78 Å². The first-order valence-electron chi connectivity index (χ1n) is 8.37. The molecule has 0 spiro atoms. The number of pyridine rings is 1. The van der Waals surface area contributed by atoms with Crippen molar-refractivity contribution in [2.45, 2.75) is 32.9 Å². The lowest BCUT2D eigenvalue weighted by Crippen LogP contribution is -2.37. The summed E-state index contributed by atoms with van der Waals surface area (Å²) in [6.07, 6.45) is 5.54. The Morgan fingerprint density at radius 1 is 1.31 bits per heavy atom. The number of anilines is 2. The molecule has 9 heteroatoms. The predicted molar refractivity (Wildman–Crippen MR) is 106 cm³/mol. The second-order valence-electron chi connectivity index (χ2n) is 6.20. The molecule has 3 heterocycles. The summed E-state index contributed by atoms with van der Waals surface area (Å²) in [6, 6.07) is 3.82. The summed E-state index contributed by atoms with van der Waals surface area (Å²) >= 11 is 3.43. The number of hydrogen-bond acceptors (Lipinski definition) is 5. The average Bonchev–Trinajstić information content (AvgIpc) is 2.95. The second-order valence-corrected chi connectivity index (χ2v) is 7.12. The molecule has 0 fully saturated rings. The number of nitrogen functional groups attached to an aromatic ring is 1. The first-order valence-corrected chi connectivity index (χ1v) is 9.17. The molecule has 0 saturated heterocycles. The number of nitrogens with one attached hydrogen (secondary N) is 1. The minimum absolute atomic E-state index is 0.182. The van der Waals surface area contributed by atoms with Crippen LogP contribution in [-0.4, -0.2) is 26.0 Å². The highest BCUT2D eigenvalue weighted by atomic mass is 79.9. The van der Waals surface area contributed by atoms with E-state index >= 15 is 0 Å². The fourth-order valence-electron chi connectivity index (χ4n) is 2.90. The number of aromatic amines is 1. The van der Waals surface area contributed by atoms with Gasteiger partial charge in [0.15, 0.2) is 0 Å². The normalized spacial score (nSPS) is 11.2. The van der Waals surface area contributed by atoms with Crippen LogP contribution in [-0.2, 0) is 13.1 Å². The van der Waals surface area contributed by atoms with Crippen LogP contribution in [0, 0.1) is 0 Å². The lowest BCUT2D eigenvalue weighted by atomic mass is 10.3. The molecule has 0 atom stereocenters. The zero-order valence-corrected chi connectivity index (χ0v) is 16.3. The first-order chi connectivity index (χ1) is 12.4. The van der Waals surface area contributed by atoms with Crippen molar-refractivity contribution >= 4 is 33.1 Å². The van der Waals surface area contributed by atoms with Gasteiger partial charge in [-0.1, -0.05) is 13.3 Å². The summed E-state index contributed by atoms with van der Waals surface area (Å²) in [6.45, 7) is 2.89. The lowest BCUT2D eigenvalue weighted by Gasteiger charge is -2.21. The Morgan fingerprint density at radius 2 is 2.08 bits per heavy atom. The van der Waals surface area contributed by atoms with Crippen LogP contribution in [0.4, 0.5) is 11.5 Å². The topological polar surface area (TPSA) is 101 Å². The molecule has 0 amide bonds. The molecule has 138 valence electrons. The third-order valence-electron chi connectivity index (χ3n) is 4.20. The Hall–Kier alpha value is -2.55. The van der Waals surface area contributed by atoms with E-state index in [0.29, 0.717) is 13.1 Å². The second kappa shape index (κ2) is 7.36. The molecule has 3 rings (SSSR count). The predicted octanol–water partition coefficient (Wildman–Crippen LogP) is 1.97. The Morgan fingerprint density at radius 3 is 2.81 bits per heavy atom. The van der Waals surface area contributed by atoms with E-state index in [4.69, 9.17) is 5.73 Å². The zero-order chi connectivity index (χ0) is 18.8. The smallest absolute Gasteiger partial charge is 0.330 e. The van der Waals surface area contributed by atoms with Crippen LogP contribution in [0.2, 0.25) is 0 Å². The van der Waals surface area contributed by atoms with Gasteiger partial charge in [-0.15, -0.1) is 0 Å². The minimum Gasteiger partial charge on any atom is -0.383 e. The number of fused-ring (bicyclic) bond motifs is 1. The van der Waals surface area contributed by atoms with E-state index in [1.165, 1.54) is 4.57 Å². The van der Waals surface area contributed by atoms with Crippen molar-refractivity contribution in [2.75, 3.05) is 17.7 Å². The van der Waals surface area contributed by atoms with Gasteiger partial charge in [-0.3, -0.25) is 14.3 Å². The highest BCUT2D eigenvalue weighted by molar-refractivity contribution is 9.10. The SMILES string of the molecule is CCCCn1c(N)c(N(C)Cc2cn3cc(Br)ccc3n2)c(=O)[nH]c1=O. The molecular formula is C17H21BrN6O2. The van der Waals surface area contributed by atoms with Crippen LogP contribution in [0.1, 0.15) is 25.5 Å². The monoisotopic (exact) mass is 420 g/mol. The van der Waals surface area contributed by atoms with Crippen molar-refractivity contribution < 1.29 is 0 Å². The molecule has 0 saturated carbocycles. The first kappa shape index (κ1) is 18.2. The third kappa shape index (κ3) is 3.52. The van der Waals surface area contributed by atoms with Crippen LogP contribution < -0.4 is 21.9 Å². The molecule has 3 aromatic heterocycles. The Labute approximate surface area is 158 Å². The van der Waals surface area contributed by atoms with Crippen LogP contribution in [0.5, 0.6) is 0 Å². The van der Waals surface area contributed by atoms with E-state index < -0.39 is 11.2 Å². The van der Waals surface area contributed by atoms with Crippen LogP contribution in [0.3, 0.4) is 0 Å². The molecule has 0 aliphatic carbocycles. The molecule has 0 aliphatic heterocycles. The van der Waals surface area contributed by atoms with Gasteiger partial charge in [0.2, 0.25) is 0 Å². The van der Waals surface area contributed by atoms with E-state index in [-0.39, 0.29) is 11.5 Å². The summed E-state index contributed by atoms with van der Waals surface area (Å²) in [5.74, 6) is 0.182. The van der Waals surface area contributed by atoms with E-state index in [1.807, 2.05) is 35.9 Å². The fraction of sp³-hybridized carbons (Fsp3) is 0.353. The van der Waals surface area contributed by atoms with E-state index in [0.717, 1.165) is 28.7 Å². The fourth-order valence-corrected chi connectivity index (χ4v) is 3.25. The molecule has 0 aliphatic rings. The zero-order valence-electron chi connectivity index (χ0n) is 14.7. The number of nitrogens with zero attached hydrogens (tertiary/aromatic N) is 4. The van der Waals surface area contributed by atoms with Crippen molar-refractivity contribution in [3.05, 3.63) is 55.5 Å². The maximum absolute atomic E-state index is 12.3. The Balaban J connectivity index is 1.94. The van der Waals surface area contributed by atoms with Crippen LogP contribution in [0.15, 0.2) is 38.6 Å². The molecule has 8 nitrogen and oxygen atoms in total. The third-order valence-corrected chi connectivity index (χ3v) is 4.66. The number of unbranched alkanes of at least 4 members (excludes halogenated alkanes) is 1. The van der Waals surface area contributed by atoms with Gasteiger partial charge in [-0.05, 0) is 34.5 Å². The molecule has 3 N–H and O–H groups in total. The van der Waals surface area contributed by atoms with Crippen LogP contribution >= 0.6 is 15.9 Å². The lowest BCUT2D eigenvalue weighted by molar-refractivity contribution is 0.603. The molecule has 0 radical (unpaired) electrons. The molecule has 0 bridgehead atoms. The van der Waals surface area contributed by atoms with Gasteiger partial charge >= 0.3 is 5.69 Å². The number of hydrogen-bond donors (Lipinski definition) is 2. The standard InChI is InChI=1S/C17H21BrN6O2/c1-3-4-7-24-15(19)14(16(25)21-17(24)26)22(2)9-12-10-23-8-11(18)5-6-13(23)20-12/h5-6,8,10H,3-4,7,9,19H2,1-2H3,(H,21,25,26). The molecule has 0 aromatic carbocycles. The number of rotatable bonds is 6. The van der Waals surface area contributed by atoms with E-state index in [1.54, 1.807) is 11.9 Å². The Bertz CT molecular complexity index is 1050. The highest BCUT2D eigenvalue weighted by Gasteiger charge is 2.17. The van der Waals surface area contributed by atoms with Gasteiger partial charge in [-0.2, -0.15) is 0 Å². The van der Waals surface area contributed by atoms with Gasteiger partial charge in [0.05, 0.1) is 12.2 Å². The summed E-state index contributed by atoms with van der Waals surface area (Å²) in [5, 5.41) is 0.